The summed E-state index contributed by atoms with van der Waals surface area (Å²) in [6, 6.07) is 5.26. The minimum absolute atomic E-state index is 0.440. The Hall–Kier alpha value is -1.31. The highest BCUT2D eigenvalue weighted by Crippen LogP contribution is 2.22. The molecule has 1 aromatic rings. The van der Waals surface area contributed by atoms with Gasteiger partial charge in [-0.25, -0.2) is 0 Å². The summed E-state index contributed by atoms with van der Waals surface area (Å²) in [6.07, 6.45) is 0. The third-order valence-corrected chi connectivity index (χ3v) is 6.15. The summed E-state index contributed by atoms with van der Waals surface area (Å²) in [4.78, 5) is 12.4. The number of guanidine groups is 1. The summed E-state index contributed by atoms with van der Waals surface area (Å²) >= 11 is 1.83. The number of aliphatic imine (C=N–C) groups is 1. The molecule has 0 aliphatic carbocycles. The zero-order valence-corrected chi connectivity index (χ0v) is 17.2. The molecule has 2 atom stereocenters. The average Bonchev–Trinajstić information content (AvgIpc) is 3.20. The van der Waals surface area contributed by atoms with E-state index in [0.717, 1.165) is 65.0 Å². The lowest BCUT2D eigenvalue weighted by Gasteiger charge is -2.38. The molecule has 2 aliphatic heterocycles. The van der Waals surface area contributed by atoms with Crippen molar-refractivity contribution in [3.8, 4) is 0 Å². The van der Waals surface area contributed by atoms with Crippen LogP contribution in [0.4, 0.5) is 5.00 Å². The SMILES string of the molecule is CCNC(=NCC(C)N1CCOCC1C)N1CCN(c2cccs2)CC1. The van der Waals surface area contributed by atoms with Crippen LogP contribution >= 0.6 is 11.3 Å². The third kappa shape index (κ3) is 4.90. The van der Waals surface area contributed by atoms with E-state index in [1.165, 1.54) is 5.00 Å². The Morgan fingerprint density at radius 2 is 2.15 bits per heavy atom. The normalized spacial score (nSPS) is 24.0. The van der Waals surface area contributed by atoms with Crippen LogP contribution in [0.3, 0.4) is 0 Å². The zero-order valence-electron chi connectivity index (χ0n) is 16.4. The minimum atomic E-state index is 0.440. The Balaban J connectivity index is 1.55. The van der Waals surface area contributed by atoms with Crippen molar-refractivity contribution >= 4 is 22.3 Å². The fraction of sp³-hybridized carbons (Fsp3) is 0.737. The van der Waals surface area contributed by atoms with Crippen LogP contribution in [-0.4, -0.2) is 86.9 Å². The predicted octanol–water partition coefficient (Wildman–Crippen LogP) is 1.94. The Morgan fingerprint density at radius 1 is 1.35 bits per heavy atom. The Labute approximate surface area is 161 Å². The molecule has 6 nitrogen and oxygen atoms in total. The van der Waals surface area contributed by atoms with E-state index in [9.17, 15) is 0 Å². The van der Waals surface area contributed by atoms with E-state index in [0.29, 0.717) is 12.1 Å². The largest absolute Gasteiger partial charge is 0.379 e. The first-order chi connectivity index (χ1) is 12.7. The first-order valence-electron chi connectivity index (χ1n) is 9.84. The van der Waals surface area contributed by atoms with Crippen LogP contribution in [0.15, 0.2) is 22.5 Å². The van der Waals surface area contributed by atoms with Gasteiger partial charge in [-0.1, -0.05) is 0 Å². The molecule has 1 aromatic heterocycles. The third-order valence-electron chi connectivity index (χ3n) is 5.22. The van der Waals surface area contributed by atoms with Crippen molar-refractivity contribution in [3.05, 3.63) is 17.5 Å². The number of hydrogen-bond donors (Lipinski definition) is 1. The average molecular weight is 380 g/mol. The van der Waals surface area contributed by atoms with Gasteiger partial charge in [0.25, 0.3) is 0 Å². The smallest absolute Gasteiger partial charge is 0.194 e. The number of nitrogens with zero attached hydrogens (tertiary/aromatic N) is 4. The van der Waals surface area contributed by atoms with Gasteiger partial charge in [0.15, 0.2) is 5.96 Å². The van der Waals surface area contributed by atoms with Crippen LogP contribution in [0, 0.1) is 0 Å². The maximum atomic E-state index is 5.56. The first kappa shape index (κ1) is 19.5. The molecular formula is C19H33N5OS. The number of anilines is 1. The molecule has 0 bridgehead atoms. The molecule has 26 heavy (non-hydrogen) atoms. The van der Waals surface area contributed by atoms with Gasteiger partial charge in [0.05, 0.1) is 24.8 Å². The van der Waals surface area contributed by atoms with Gasteiger partial charge < -0.3 is 19.9 Å². The summed E-state index contributed by atoms with van der Waals surface area (Å²) in [6.45, 7) is 15.2. The molecule has 2 unspecified atom stereocenters. The molecule has 3 heterocycles. The topological polar surface area (TPSA) is 43.3 Å². The van der Waals surface area contributed by atoms with Gasteiger partial charge in [-0.15, -0.1) is 11.3 Å². The fourth-order valence-electron chi connectivity index (χ4n) is 3.73. The van der Waals surface area contributed by atoms with Gasteiger partial charge in [0.1, 0.15) is 0 Å². The summed E-state index contributed by atoms with van der Waals surface area (Å²) in [5, 5.41) is 7.02. The summed E-state index contributed by atoms with van der Waals surface area (Å²) in [7, 11) is 0. The van der Waals surface area contributed by atoms with Crippen molar-refractivity contribution in [1.82, 2.24) is 15.1 Å². The molecule has 7 heteroatoms. The van der Waals surface area contributed by atoms with Gasteiger partial charge >= 0.3 is 0 Å². The molecule has 146 valence electrons. The van der Waals surface area contributed by atoms with Crippen LogP contribution in [0.2, 0.25) is 0 Å². The van der Waals surface area contributed by atoms with E-state index in [1.807, 2.05) is 11.3 Å². The second-order valence-electron chi connectivity index (χ2n) is 7.13. The molecule has 0 amide bonds. The quantitative estimate of drug-likeness (QED) is 0.626. The number of ether oxygens (including phenoxy) is 1. The molecule has 2 saturated heterocycles. The van der Waals surface area contributed by atoms with Gasteiger partial charge in [-0.2, -0.15) is 0 Å². The zero-order chi connectivity index (χ0) is 18.4. The lowest BCUT2D eigenvalue weighted by Crippen LogP contribution is -2.53. The van der Waals surface area contributed by atoms with E-state index < -0.39 is 0 Å². The van der Waals surface area contributed by atoms with Crippen LogP contribution in [0.5, 0.6) is 0 Å². The number of piperazine rings is 1. The van der Waals surface area contributed by atoms with Crippen molar-refractivity contribution in [2.45, 2.75) is 32.9 Å². The lowest BCUT2D eigenvalue weighted by molar-refractivity contribution is -0.0166. The van der Waals surface area contributed by atoms with E-state index in [1.54, 1.807) is 0 Å². The molecule has 2 aliphatic rings. The van der Waals surface area contributed by atoms with E-state index >= 15 is 0 Å². The maximum absolute atomic E-state index is 5.56. The molecule has 0 spiro atoms. The number of morpholine rings is 1. The van der Waals surface area contributed by atoms with Crippen molar-refractivity contribution in [2.75, 3.05) is 63.9 Å². The Bertz CT molecular complexity index is 556. The summed E-state index contributed by atoms with van der Waals surface area (Å²) in [5.74, 6) is 1.06. The molecule has 0 aromatic carbocycles. The predicted molar refractivity (Wildman–Crippen MR) is 111 cm³/mol. The van der Waals surface area contributed by atoms with E-state index in [4.69, 9.17) is 9.73 Å². The van der Waals surface area contributed by atoms with E-state index in [-0.39, 0.29) is 0 Å². The van der Waals surface area contributed by atoms with Crippen LogP contribution in [0.1, 0.15) is 20.8 Å². The minimum Gasteiger partial charge on any atom is -0.379 e. The highest BCUT2D eigenvalue weighted by atomic mass is 32.1. The molecule has 2 fully saturated rings. The molecular weight excluding hydrogens is 346 g/mol. The molecule has 0 radical (unpaired) electrons. The summed E-state index contributed by atoms with van der Waals surface area (Å²) < 4.78 is 5.56. The number of rotatable bonds is 5. The van der Waals surface area contributed by atoms with Crippen LogP contribution < -0.4 is 10.2 Å². The van der Waals surface area contributed by atoms with Crippen molar-refractivity contribution in [1.29, 1.82) is 0 Å². The van der Waals surface area contributed by atoms with Gasteiger partial charge in [0, 0.05) is 51.4 Å². The van der Waals surface area contributed by atoms with Crippen LogP contribution in [-0.2, 0) is 4.74 Å². The second-order valence-corrected chi connectivity index (χ2v) is 8.06. The van der Waals surface area contributed by atoms with Gasteiger partial charge in [-0.05, 0) is 38.3 Å². The molecule has 0 saturated carbocycles. The summed E-state index contributed by atoms with van der Waals surface area (Å²) in [5.41, 5.74) is 0. The number of thiophene rings is 1. The first-order valence-corrected chi connectivity index (χ1v) is 10.7. The number of nitrogens with one attached hydrogen (secondary N) is 1. The maximum Gasteiger partial charge on any atom is 0.194 e. The van der Waals surface area contributed by atoms with Gasteiger partial charge in [-0.3, -0.25) is 9.89 Å². The van der Waals surface area contributed by atoms with Gasteiger partial charge in [0.2, 0.25) is 0 Å². The highest BCUT2D eigenvalue weighted by molar-refractivity contribution is 7.14. The Morgan fingerprint density at radius 3 is 2.81 bits per heavy atom. The lowest BCUT2D eigenvalue weighted by atomic mass is 10.2. The van der Waals surface area contributed by atoms with Crippen molar-refractivity contribution in [2.24, 2.45) is 4.99 Å². The fourth-order valence-corrected chi connectivity index (χ4v) is 4.52. The Kier molecular flexibility index (Phi) is 7.16. The standard InChI is InChI=1S/C19H33N5OS/c1-4-20-19(21-14-16(2)24-11-12-25-15-17(24)3)23-9-7-22(8-10-23)18-6-5-13-26-18/h5-6,13,16-17H,4,7-12,14-15H2,1-3H3,(H,20,21). The second kappa shape index (κ2) is 9.58. The van der Waals surface area contributed by atoms with E-state index in [2.05, 4.69) is 58.3 Å². The van der Waals surface area contributed by atoms with Crippen molar-refractivity contribution < 1.29 is 4.74 Å². The number of hydrogen-bond acceptors (Lipinski definition) is 5. The molecule has 1 N–H and O–H groups in total. The highest BCUT2D eigenvalue weighted by Gasteiger charge is 2.24. The van der Waals surface area contributed by atoms with Crippen molar-refractivity contribution in [3.63, 3.8) is 0 Å². The molecule has 3 rings (SSSR count). The monoisotopic (exact) mass is 379 g/mol. The van der Waals surface area contributed by atoms with Crippen LogP contribution in [0.25, 0.3) is 0 Å².